The third kappa shape index (κ3) is 6.88. The number of halogens is 2. The normalized spacial score (nSPS) is 16.7. The van der Waals surface area contributed by atoms with E-state index in [1.807, 2.05) is 0 Å². The van der Waals surface area contributed by atoms with Gasteiger partial charge in [-0.2, -0.15) is 0 Å². The molecule has 3 N–H and O–H groups in total. The van der Waals surface area contributed by atoms with E-state index >= 15 is 0 Å². The van der Waals surface area contributed by atoms with Crippen LogP contribution in [0.4, 0.5) is 4.39 Å². The van der Waals surface area contributed by atoms with Gasteiger partial charge >= 0.3 is 0 Å². The quantitative estimate of drug-likeness (QED) is 0.758. The highest BCUT2D eigenvalue weighted by molar-refractivity contribution is 5.85. The zero-order chi connectivity index (χ0) is 17.4. The van der Waals surface area contributed by atoms with Crippen molar-refractivity contribution in [1.82, 2.24) is 10.2 Å². The number of carbonyl (C=O) groups is 2. The average molecular weight is 374 g/mol. The standard InChI is InChI=1S/C17H24FN3O3.ClH/c18-13-4-6-15(7-5-13)24-12-17(23)21-10-2-1-3-14(21)11-20-16(22)8-9-19;/h4-7,14H,1-3,8-12,19H2,(H,20,22);1H. The molecule has 2 rings (SSSR count). The average Bonchev–Trinajstić information content (AvgIpc) is 2.60. The fourth-order valence-corrected chi connectivity index (χ4v) is 2.75. The van der Waals surface area contributed by atoms with Crippen molar-refractivity contribution in [1.29, 1.82) is 0 Å². The van der Waals surface area contributed by atoms with Gasteiger partial charge in [0.2, 0.25) is 5.91 Å². The molecule has 0 radical (unpaired) electrons. The van der Waals surface area contributed by atoms with Gasteiger partial charge in [-0.3, -0.25) is 9.59 Å². The fraction of sp³-hybridized carbons (Fsp3) is 0.529. The Morgan fingerprint density at radius 1 is 1.28 bits per heavy atom. The van der Waals surface area contributed by atoms with Gasteiger partial charge in [-0.1, -0.05) is 0 Å². The lowest BCUT2D eigenvalue weighted by molar-refractivity contribution is -0.137. The number of amides is 2. The Labute approximate surface area is 153 Å². The lowest BCUT2D eigenvalue weighted by Crippen LogP contribution is -2.50. The second-order valence-electron chi connectivity index (χ2n) is 5.82. The third-order valence-corrected chi connectivity index (χ3v) is 4.03. The van der Waals surface area contributed by atoms with Crippen molar-refractivity contribution in [2.45, 2.75) is 31.7 Å². The first kappa shape index (κ1) is 21.2. The Hall–Kier alpha value is -1.86. The van der Waals surface area contributed by atoms with Crippen molar-refractivity contribution < 1.29 is 18.7 Å². The predicted molar refractivity (Wildman–Crippen MR) is 95.2 cm³/mol. The number of nitrogens with zero attached hydrogens (tertiary/aromatic N) is 1. The molecule has 8 heteroatoms. The van der Waals surface area contributed by atoms with Crippen molar-refractivity contribution in [3.05, 3.63) is 30.1 Å². The first-order chi connectivity index (χ1) is 11.6. The van der Waals surface area contributed by atoms with Gasteiger partial charge in [-0.25, -0.2) is 4.39 Å². The number of hydrogen-bond acceptors (Lipinski definition) is 4. The van der Waals surface area contributed by atoms with Crippen LogP contribution in [0, 0.1) is 5.82 Å². The smallest absolute Gasteiger partial charge is 0.260 e. The largest absolute Gasteiger partial charge is 0.484 e. The van der Waals surface area contributed by atoms with Crippen LogP contribution in [0.1, 0.15) is 25.7 Å². The van der Waals surface area contributed by atoms with Crippen molar-refractivity contribution >= 4 is 24.2 Å². The van der Waals surface area contributed by atoms with Crippen molar-refractivity contribution in [3.8, 4) is 5.75 Å². The summed E-state index contributed by atoms with van der Waals surface area (Å²) >= 11 is 0. The van der Waals surface area contributed by atoms with Crippen LogP contribution in [0.15, 0.2) is 24.3 Å². The van der Waals surface area contributed by atoms with Crippen LogP contribution in [0.3, 0.4) is 0 Å². The summed E-state index contributed by atoms with van der Waals surface area (Å²) in [6, 6.07) is 5.53. The van der Waals surface area contributed by atoms with E-state index in [1.165, 1.54) is 24.3 Å². The molecule has 1 atom stereocenters. The van der Waals surface area contributed by atoms with Gasteiger partial charge in [0, 0.05) is 32.1 Å². The minimum atomic E-state index is -0.349. The van der Waals surface area contributed by atoms with Crippen molar-refractivity contribution in [3.63, 3.8) is 0 Å². The summed E-state index contributed by atoms with van der Waals surface area (Å²) in [6.07, 6.45) is 3.11. The molecular formula is C17H25ClFN3O3. The number of rotatable bonds is 7. The predicted octanol–water partition coefficient (Wildman–Crippen LogP) is 1.47. The molecule has 1 aliphatic rings. The lowest BCUT2D eigenvalue weighted by atomic mass is 10.0. The molecule has 0 aliphatic carbocycles. The van der Waals surface area contributed by atoms with E-state index < -0.39 is 0 Å². The molecule has 0 aromatic heterocycles. The number of ether oxygens (including phenoxy) is 1. The molecule has 6 nitrogen and oxygen atoms in total. The second-order valence-corrected chi connectivity index (χ2v) is 5.82. The maximum atomic E-state index is 12.9. The molecule has 1 aliphatic heterocycles. The Morgan fingerprint density at radius 2 is 2.00 bits per heavy atom. The molecule has 1 aromatic rings. The first-order valence-electron chi connectivity index (χ1n) is 8.24. The summed E-state index contributed by atoms with van der Waals surface area (Å²) in [6.45, 7) is 1.30. The van der Waals surface area contributed by atoms with Crippen LogP contribution in [0.2, 0.25) is 0 Å². The molecule has 1 saturated heterocycles. The second kappa shape index (κ2) is 10.9. The Balaban J connectivity index is 0.00000312. The molecule has 25 heavy (non-hydrogen) atoms. The number of hydrogen-bond donors (Lipinski definition) is 2. The van der Waals surface area contributed by atoms with Crippen LogP contribution in [-0.4, -0.2) is 49.0 Å². The van der Waals surface area contributed by atoms with Crippen LogP contribution in [0.25, 0.3) is 0 Å². The van der Waals surface area contributed by atoms with Crippen LogP contribution in [-0.2, 0) is 9.59 Å². The highest BCUT2D eigenvalue weighted by Gasteiger charge is 2.27. The molecule has 0 spiro atoms. The summed E-state index contributed by atoms with van der Waals surface area (Å²) in [5, 5.41) is 2.82. The highest BCUT2D eigenvalue weighted by Crippen LogP contribution is 2.17. The van der Waals surface area contributed by atoms with Crippen molar-refractivity contribution in [2.75, 3.05) is 26.2 Å². The molecule has 0 saturated carbocycles. The Kier molecular flexibility index (Phi) is 9.23. The zero-order valence-electron chi connectivity index (χ0n) is 14.1. The van der Waals surface area contributed by atoms with Crippen molar-refractivity contribution in [2.24, 2.45) is 5.73 Å². The molecule has 140 valence electrons. The minimum absolute atomic E-state index is 0. The van der Waals surface area contributed by atoms with E-state index in [9.17, 15) is 14.0 Å². The number of nitrogens with one attached hydrogen (secondary N) is 1. The maximum Gasteiger partial charge on any atom is 0.260 e. The van der Waals surface area contributed by atoms with Crippen LogP contribution in [0.5, 0.6) is 5.75 Å². The summed E-state index contributed by atoms with van der Waals surface area (Å²) in [5.41, 5.74) is 5.35. The molecule has 1 aromatic carbocycles. The van der Waals surface area contributed by atoms with E-state index in [0.717, 1.165) is 19.3 Å². The summed E-state index contributed by atoms with van der Waals surface area (Å²) < 4.78 is 18.3. The molecule has 1 fully saturated rings. The highest BCUT2D eigenvalue weighted by atomic mass is 35.5. The fourth-order valence-electron chi connectivity index (χ4n) is 2.75. The number of nitrogens with two attached hydrogens (primary N) is 1. The number of benzene rings is 1. The summed E-state index contributed by atoms with van der Waals surface area (Å²) in [7, 11) is 0. The Morgan fingerprint density at radius 3 is 2.68 bits per heavy atom. The van der Waals surface area contributed by atoms with Crippen LogP contribution < -0.4 is 15.8 Å². The Bertz CT molecular complexity index is 557. The monoisotopic (exact) mass is 373 g/mol. The number of carbonyl (C=O) groups excluding carboxylic acids is 2. The molecule has 0 bridgehead atoms. The first-order valence-corrected chi connectivity index (χ1v) is 8.24. The van der Waals surface area contributed by atoms with E-state index in [0.29, 0.717) is 25.4 Å². The van der Waals surface area contributed by atoms with E-state index in [-0.39, 0.29) is 49.1 Å². The van der Waals surface area contributed by atoms with Gasteiger partial charge in [-0.15, -0.1) is 12.4 Å². The summed E-state index contributed by atoms with van der Waals surface area (Å²) in [5.74, 6) is -0.123. The maximum absolute atomic E-state index is 12.9. The summed E-state index contributed by atoms with van der Waals surface area (Å²) in [4.78, 5) is 25.7. The van der Waals surface area contributed by atoms with E-state index in [4.69, 9.17) is 10.5 Å². The molecule has 2 amide bonds. The van der Waals surface area contributed by atoms with Gasteiger partial charge in [0.25, 0.3) is 5.91 Å². The van der Waals surface area contributed by atoms with E-state index in [2.05, 4.69) is 5.32 Å². The number of piperidine rings is 1. The minimum Gasteiger partial charge on any atom is -0.484 e. The van der Waals surface area contributed by atoms with E-state index in [1.54, 1.807) is 4.90 Å². The van der Waals surface area contributed by atoms with Gasteiger partial charge in [0.05, 0.1) is 0 Å². The molecular weight excluding hydrogens is 349 g/mol. The van der Waals surface area contributed by atoms with Crippen LogP contribution >= 0.6 is 12.4 Å². The number of likely N-dealkylation sites (tertiary alicyclic amines) is 1. The molecule has 1 heterocycles. The molecule has 1 unspecified atom stereocenters. The van der Waals surface area contributed by atoms with Gasteiger partial charge < -0.3 is 20.7 Å². The van der Waals surface area contributed by atoms with Gasteiger partial charge in [0.1, 0.15) is 11.6 Å². The SMILES string of the molecule is Cl.NCCC(=O)NCC1CCCCN1C(=O)COc1ccc(F)cc1. The van der Waals surface area contributed by atoms with Gasteiger partial charge in [-0.05, 0) is 43.5 Å². The lowest BCUT2D eigenvalue weighted by Gasteiger charge is -2.35. The zero-order valence-corrected chi connectivity index (χ0v) is 14.9. The third-order valence-electron chi connectivity index (χ3n) is 4.03. The topological polar surface area (TPSA) is 84.7 Å². The van der Waals surface area contributed by atoms with Gasteiger partial charge in [0.15, 0.2) is 6.61 Å².